The number of nitrogens with zero attached hydrogens (tertiary/aromatic N) is 2. The number of hydrogen-bond acceptors (Lipinski definition) is 5. The monoisotopic (exact) mass is 276 g/mol. The van der Waals surface area contributed by atoms with Crippen LogP contribution in [0.3, 0.4) is 0 Å². The summed E-state index contributed by atoms with van der Waals surface area (Å²) in [6.07, 6.45) is 0.480. The Kier molecular flexibility index (Phi) is 4.02. The number of imide groups is 1. The van der Waals surface area contributed by atoms with E-state index in [1.165, 1.54) is 5.01 Å². The van der Waals surface area contributed by atoms with Gasteiger partial charge in [-0.3, -0.25) is 14.6 Å². The van der Waals surface area contributed by atoms with Crippen LogP contribution in [-0.4, -0.2) is 36.4 Å². The first kappa shape index (κ1) is 14.0. The molecule has 1 aromatic rings. The number of benzene rings is 1. The zero-order valence-electron chi connectivity index (χ0n) is 11.5. The third-order valence-corrected chi connectivity index (χ3v) is 3.08. The van der Waals surface area contributed by atoms with E-state index in [4.69, 9.17) is 4.74 Å². The molecule has 0 saturated carbocycles. The summed E-state index contributed by atoms with van der Waals surface area (Å²) in [6.45, 7) is 2.06. The molecule has 1 aromatic carbocycles. The number of esters is 1. The van der Waals surface area contributed by atoms with Crippen molar-refractivity contribution in [3.63, 3.8) is 0 Å². The molecule has 1 heterocycles. The largest absolute Gasteiger partial charge is 0.462 e. The van der Waals surface area contributed by atoms with E-state index in [9.17, 15) is 14.4 Å². The Morgan fingerprint density at radius 2 is 1.75 bits per heavy atom. The third kappa shape index (κ3) is 2.64. The molecule has 0 unspecified atom stereocenters. The van der Waals surface area contributed by atoms with Crippen LogP contribution in [0.15, 0.2) is 24.3 Å². The van der Waals surface area contributed by atoms with E-state index in [2.05, 4.69) is 0 Å². The van der Waals surface area contributed by atoms with Crippen molar-refractivity contribution >= 4 is 23.5 Å². The zero-order valence-corrected chi connectivity index (χ0v) is 11.5. The Bertz CT molecular complexity index is 523. The number of hydrogen-bond donors (Lipinski definition) is 0. The van der Waals surface area contributed by atoms with Crippen molar-refractivity contribution in [3.05, 3.63) is 29.8 Å². The Balaban J connectivity index is 2.15. The fourth-order valence-electron chi connectivity index (χ4n) is 2.04. The van der Waals surface area contributed by atoms with Crippen molar-refractivity contribution in [1.82, 2.24) is 5.01 Å². The zero-order chi connectivity index (χ0) is 14.7. The lowest BCUT2D eigenvalue weighted by molar-refractivity contribution is -0.138. The molecule has 0 N–H and O–H groups in total. The van der Waals surface area contributed by atoms with Crippen molar-refractivity contribution in [2.24, 2.45) is 0 Å². The Morgan fingerprint density at radius 3 is 2.25 bits per heavy atom. The minimum absolute atomic E-state index is 0.216. The quantitative estimate of drug-likeness (QED) is 0.613. The van der Waals surface area contributed by atoms with E-state index in [1.54, 1.807) is 38.2 Å². The molecule has 0 bridgehead atoms. The second-order valence-electron chi connectivity index (χ2n) is 4.39. The van der Waals surface area contributed by atoms with Gasteiger partial charge in [0.1, 0.15) is 0 Å². The molecular weight excluding hydrogens is 260 g/mol. The lowest BCUT2D eigenvalue weighted by Crippen LogP contribution is -2.43. The van der Waals surface area contributed by atoms with Gasteiger partial charge < -0.3 is 4.74 Å². The number of hydrazine groups is 1. The molecule has 0 spiro atoms. The molecule has 1 saturated heterocycles. The minimum Gasteiger partial charge on any atom is -0.462 e. The summed E-state index contributed by atoms with van der Waals surface area (Å²) in [4.78, 5) is 34.8. The fraction of sp³-hybridized carbons (Fsp3) is 0.357. The van der Waals surface area contributed by atoms with Crippen LogP contribution in [0, 0.1) is 0 Å². The highest BCUT2D eigenvalue weighted by Crippen LogP contribution is 2.21. The van der Waals surface area contributed by atoms with E-state index < -0.39 is 5.97 Å². The molecule has 106 valence electrons. The van der Waals surface area contributed by atoms with Gasteiger partial charge in [0.2, 0.25) is 11.8 Å². The summed E-state index contributed by atoms with van der Waals surface area (Å²) in [7, 11) is 1.64. The first-order valence-corrected chi connectivity index (χ1v) is 6.41. The van der Waals surface area contributed by atoms with Gasteiger partial charge >= 0.3 is 5.97 Å². The topological polar surface area (TPSA) is 66.9 Å². The summed E-state index contributed by atoms with van der Waals surface area (Å²) >= 11 is 0. The highest BCUT2D eigenvalue weighted by molar-refractivity contribution is 6.03. The average Bonchev–Trinajstić information content (AvgIpc) is 2.78. The molecule has 1 aliphatic heterocycles. The first-order valence-electron chi connectivity index (χ1n) is 6.41. The lowest BCUT2D eigenvalue weighted by Gasteiger charge is -2.27. The fourth-order valence-corrected chi connectivity index (χ4v) is 2.04. The molecule has 0 aliphatic carbocycles. The molecular formula is C14H16N2O4. The Hall–Kier alpha value is -2.37. The van der Waals surface area contributed by atoms with Gasteiger partial charge in [-0.15, -0.1) is 0 Å². The van der Waals surface area contributed by atoms with E-state index >= 15 is 0 Å². The van der Waals surface area contributed by atoms with E-state index in [0.717, 1.165) is 5.01 Å². The maximum Gasteiger partial charge on any atom is 0.338 e. The molecule has 2 amide bonds. The molecule has 20 heavy (non-hydrogen) atoms. The van der Waals surface area contributed by atoms with Gasteiger partial charge in [-0.25, -0.2) is 4.79 Å². The predicted molar refractivity (Wildman–Crippen MR) is 71.9 cm³/mol. The van der Waals surface area contributed by atoms with E-state index in [-0.39, 0.29) is 24.7 Å². The lowest BCUT2D eigenvalue weighted by atomic mass is 10.2. The van der Waals surface area contributed by atoms with Gasteiger partial charge in [-0.05, 0) is 31.2 Å². The first-order chi connectivity index (χ1) is 9.54. The summed E-state index contributed by atoms with van der Waals surface area (Å²) in [5, 5.41) is 2.62. The Morgan fingerprint density at radius 1 is 1.20 bits per heavy atom. The standard InChI is InChI=1S/C14H16N2O4/c1-3-20-14(19)10-4-6-11(7-5-10)15(2)16-12(17)8-9-13(16)18/h4-7H,3,8-9H2,1-2H3. The number of ether oxygens (including phenoxy) is 1. The van der Waals surface area contributed by atoms with Crippen LogP contribution in [0.4, 0.5) is 5.69 Å². The maximum atomic E-state index is 11.6. The molecule has 0 radical (unpaired) electrons. The molecule has 2 rings (SSSR count). The van der Waals surface area contributed by atoms with E-state index in [0.29, 0.717) is 17.9 Å². The SMILES string of the molecule is CCOC(=O)c1ccc(N(C)N2C(=O)CCC2=O)cc1. The number of anilines is 1. The van der Waals surface area contributed by atoms with Crippen molar-refractivity contribution in [2.45, 2.75) is 19.8 Å². The van der Waals surface area contributed by atoms with Crippen molar-refractivity contribution in [2.75, 3.05) is 18.7 Å². The van der Waals surface area contributed by atoms with Gasteiger partial charge in [-0.2, -0.15) is 5.01 Å². The van der Waals surface area contributed by atoms with Crippen LogP contribution in [0.1, 0.15) is 30.1 Å². The van der Waals surface area contributed by atoms with Crippen LogP contribution in [0.5, 0.6) is 0 Å². The highest BCUT2D eigenvalue weighted by Gasteiger charge is 2.32. The second-order valence-corrected chi connectivity index (χ2v) is 4.39. The van der Waals surface area contributed by atoms with Crippen LogP contribution in [0.2, 0.25) is 0 Å². The van der Waals surface area contributed by atoms with Crippen molar-refractivity contribution in [1.29, 1.82) is 0 Å². The number of rotatable bonds is 4. The normalized spacial score (nSPS) is 14.6. The summed E-state index contributed by atoms with van der Waals surface area (Å²) < 4.78 is 4.89. The highest BCUT2D eigenvalue weighted by atomic mass is 16.5. The van der Waals surface area contributed by atoms with Gasteiger partial charge in [0.25, 0.3) is 0 Å². The summed E-state index contributed by atoms with van der Waals surface area (Å²) in [5.41, 5.74) is 1.09. The summed E-state index contributed by atoms with van der Waals surface area (Å²) in [5.74, 6) is -0.825. The smallest absolute Gasteiger partial charge is 0.338 e. The number of amides is 2. The van der Waals surface area contributed by atoms with E-state index in [1.807, 2.05) is 0 Å². The second kappa shape index (κ2) is 5.73. The van der Waals surface area contributed by atoms with Gasteiger partial charge in [-0.1, -0.05) is 0 Å². The molecule has 1 aliphatic rings. The van der Waals surface area contributed by atoms with Gasteiger partial charge in [0.15, 0.2) is 0 Å². The minimum atomic E-state index is -0.393. The molecule has 0 aromatic heterocycles. The van der Waals surface area contributed by atoms with Gasteiger partial charge in [0.05, 0.1) is 17.9 Å². The van der Waals surface area contributed by atoms with Crippen molar-refractivity contribution in [3.8, 4) is 0 Å². The number of carbonyl (C=O) groups excluding carboxylic acids is 3. The van der Waals surface area contributed by atoms with Gasteiger partial charge in [0, 0.05) is 19.9 Å². The van der Waals surface area contributed by atoms with Crippen molar-refractivity contribution < 1.29 is 19.1 Å². The third-order valence-electron chi connectivity index (χ3n) is 3.08. The van der Waals surface area contributed by atoms with Crippen LogP contribution < -0.4 is 5.01 Å². The number of carbonyl (C=O) groups is 3. The molecule has 1 fully saturated rings. The predicted octanol–water partition coefficient (Wildman–Crippen LogP) is 1.36. The molecule has 6 heteroatoms. The summed E-state index contributed by atoms with van der Waals surface area (Å²) in [6, 6.07) is 6.56. The Labute approximate surface area is 116 Å². The molecule has 0 atom stereocenters. The average molecular weight is 276 g/mol. The molecule has 6 nitrogen and oxygen atoms in total. The maximum absolute atomic E-state index is 11.6. The van der Waals surface area contributed by atoms with Crippen LogP contribution in [0.25, 0.3) is 0 Å². The van der Waals surface area contributed by atoms with Crippen LogP contribution >= 0.6 is 0 Å². The van der Waals surface area contributed by atoms with Crippen LogP contribution in [-0.2, 0) is 14.3 Å².